The highest BCUT2D eigenvalue weighted by molar-refractivity contribution is 5.93. The van der Waals surface area contributed by atoms with Crippen LogP contribution in [-0.2, 0) is 0 Å². The van der Waals surface area contributed by atoms with Crippen LogP contribution in [0.15, 0.2) is 17.1 Å². The lowest BCUT2D eigenvalue weighted by atomic mass is 10.2. The number of aryl methyl sites for hydroxylation is 1. The zero-order chi connectivity index (χ0) is 20.1. The first kappa shape index (κ1) is 17.6. The summed E-state index contributed by atoms with van der Waals surface area (Å²) in [5.41, 5.74) is 6.88. The van der Waals surface area contributed by atoms with E-state index in [0.717, 1.165) is 18.7 Å². The molecule has 0 spiro atoms. The molecule has 0 unspecified atom stereocenters. The Morgan fingerprint density at radius 3 is 2.66 bits per heavy atom. The topological polar surface area (TPSA) is 138 Å². The van der Waals surface area contributed by atoms with E-state index in [4.69, 9.17) is 5.73 Å². The number of rotatable bonds is 3. The molecular formula is C18H21N9O2. The van der Waals surface area contributed by atoms with Gasteiger partial charge in [0.2, 0.25) is 11.9 Å². The van der Waals surface area contributed by atoms with Crippen molar-refractivity contribution in [3.8, 4) is 0 Å². The van der Waals surface area contributed by atoms with Gasteiger partial charge in [0.25, 0.3) is 11.5 Å². The van der Waals surface area contributed by atoms with Gasteiger partial charge in [-0.2, -0.15) is 20.1 Å². The molecule has 0 aromatic carbocycles. The quantitative estimate of drug-likeness (QED) is 0.629. The molecule has 1 aliphatic carbocycles. The number of carbonyl (C=O) groups excluding carboxylic acids is 1. The Hall–Kier alpha value is -3.50. The van der Waals surface area contributed by atoms with Crippen molar-refractivity contribution < 1.29 is 4.79 Å². The van der Waals surface area contributed by atoms with E-state index in [2.05, 4.69) is 25.0 Å². The number of aromatic amines is 1. The molecule has 11 nitrogen and oxygen atoms in total. The molecule has 1 saturated carbocycles. The van der Waals surface area contributed by atoms with Gasteiger partial charge in [-0.15, -0.1) is 0 Å². The first-order valence-corrected chi connectivity index (χ1v) is 9.63. The summed E-state index contributed by atoms with van der Waals surface area (Å²) in [4.78, 5) is 44.4. The Kier molecular flexibility index (Phi) is 3.96. The van der Waals surface area contributed by atoms with Gasteiger partial charge in [-0.05, 0) is 19.8 Å². The van der Waals surface area contributed by atoms with E-state index in [9.17, 15) is 9.59 Å². The van der Waals surface area contributed by atoms with Crippen molar-refractivity contribution in [2.24, 2.45) is 0 Å². The fourth-order valence-corrected chi connectivity index (χ4v) is 3.56. The van der Waals surface area contributed by atoms with Gasteiger partial charge in [-0.1, -0.05) is 0 Å². The van der Waals surface area contributed by atoms with Crippen molar-refractivity contribution in [3.63, 3.8) is 0 Å². The van der Waals surface area contributed by atoms with Crippen LogP contribution in [-0.4, -0.2) is 66.5 Å². The number of piperazine rings is 1. The van der Waals surface area contributed by atoms with Crippen molar-refractivity contribution in [3.05, 3.63) is 39.8 Å². The molecule has 1 saturated heterocycles. The summed E-state index contributed by atoms with van der Waals surface area (Å²) in [5, 5.41) is 4.28. The third kappa shape index (κ3) is 3.28. The molecule has 1 amide bonds. The zero-order valence-electron chi connectivity index (χ0n) is 16.0. The number of nitrogen functional groups attached to an aromatic ring is 1. The van der Waals surface area contributed by atoms with E-state index >= 15 is 0 Å². The number of nitrogens with one attached hydrogen (secondary N) is 1. The molecule has 150 valence electrons. The van der Waals surface area contributed by atoms with Crippen LogP contribution in [0.25, 0.3) is 5.52 Å². The van der Waals surface area contributed by atoms with Crippen molar-refractivity contribution in [2.45, 2.75) is 25.7 Å². The van der Waals surface area contributed by atoms with Crippen LogP contribution in [0.3, 0.4) is 0 Å². The van der Waals surface area contributed by atoms with Crippen LogP contribution in [0.5, 0.6) is 0 Å². The van der Waals surface area contributed by atoms with Crippen molar-refractivity contribution in [2.75, 3.05) is 36.8 Å². The number of hydrogen-bond acceptors (Lipinski definition) is 8. The molecular weight excluding hydrogens is 374 g/mol. The fraction of sp³-hybridized carbons (Fsp3) is 0.444. The molecule has 11 heteroatoms. The van der Waals surface area contributed by atoms with Crippen LogP contribution in [0, 0.1) is 6.92 Å². The smallest absolute Gasteiger partial charge is 0.274 e. The Morgan fingerprint density at radius 2 is 1.93 bits per heavy atom. The number of hydrogen-bond donors (Lipinski definition) is 2. The summed E-state index contributed by atoms with van der Waals surface area (Å²) in [6.45, 7) is 3.96. The lowest BCUT2D eigenvalue weighted by Gasteiger charge is -2.34. The molecule has 2 aliphatic rings. The van der Waals surface area contributed by atoms with Gasteiger partial charge >= 0.3 is 0 Å². The Bertz CT molecular complexity index is 1160. The first-order chi connectivity index (χ1) is 14.0. The van der Waals surface area contributed by atoms with Gasteiger partial charge < -0.3 is 20.5 Å². The predicted molar refractivity (Wildman–Crippen MR) is 105 cm³/mol. The van der Waals surface area contributed by atoms with Crippen molar-refractivity contribution >= 4 is 23.3 Å². The number of H-pyrrole nitrogens is 1. The minimum Gasteiger partial charge on any atom is -0.368 e. The molecule has 1 aliphatic heterocycles. The molecule has 0 atom stereocenters. The molecule has 5 rings (SSSR count). The Balaban J connectivity index is 1.31. The van der Waals surface area contributed by atoms with Gasteiger partial charge in [0, 0.05) is 50.1 Å². The largest absolute Gasteiger partial charge is 0.368 e. The average molecular weight is 395 g/mol. The number of aromatic nitrogens is 6. The summed E-state index contributed by atoms with van der Waals surface area (Å²) in [5.74, 6) is 1.76. The van der Waals surface area contributed by atoms with Gasteiger partial charge in [-0.3, -0.25) is 9.59 Å². The number of nitrogens with two attached hydrogens (primary N) is 1. The monoisotopic (exact) mass is 395 g/mol. The average Bonchev–Trinajstić information content (AvgIpc) is 3.46. The maximum absolute atomic E-state index is 12.9. The number of nitrogens with zero attached hydrogens (tertiary/aromatic N) is 7. The van der Waals surface area contributed by atoms with Crippen LogP contribution in [0.1, 0.15) is 40.8 Å². The highest BCUT2D eigenvalue weighted by Crippen LogP contribution is 2.38. The fourth-order valence-electron chi connectivity index (χ4n) is 3.56. The Labute approximate surface area is 165 Å². The minimum atomic E-state index is -0.264. The van der Waals surface area contributed by atoms with Gasteiger partial charge in [-0.25, -0.2) is 4.52 Å². The van der Waals surface area contributed by atoms with Gasteiger partial charge in [0.1, 0.15) is 11.3 Å². The van der Waals surface area contributed by atoms with Crippen LogP contribution in [0.2, 0.25) is 0 Å². The summed E-state index contributed by atoms with van der Waals surface area (Å²) in [6.07, 6.45) is 3.87. The molecule has 0 bridgehead atoms. The Morgan fingerprint density at radius 1 is 1.17 bits per heavy atom. The maximum Gasteiger partial charge on any atom is 0.274 e. The third-order valence-electron chi connectivity index (χ3n) is 5.26. The van der Waals surface area contributed by atoms with E-state index in [-0.39, 0.29) is 23.1 Å². The summed E-state index contributed by atoms with van der Waals surface area (Å²) >= 11 is 0. The van der Waals surface area contributed by atoms with Crippen LogP contribution < -0.4 is 16.2 Å². The minimum absolute atomic E-state index is 0.195. The van der Waals surface area contributed by atoms with E-state index in [0.29, 0.717) is 49.3 Å². The highest BCUT2D eigenvalue weighted by atomic mass is 16.2. The standard InChI is InChI=1S/C18H21N9O2/c1-10-9-27-13(15(28)20-10)8-12(24-27)16(29)25-4-6-26(7-5-25)18-22-14(11-2-3-11)21-17(19)23-18/h8-9,11H,2-7H2,1H3,(H,20,28)(H2,19,21,22,23). The summed E-state index contributed by atoms with van der Waals surface area (Å²) < 4.78 is 1.45. The van der Waals surface area contributed by atoms with Crippen LogP contribution >= 0.6 is 0 Å². The molecule has 4 heterocycles. The van der Waals surface area contributed by atoms with Gasteiger partial charge in [0.15, 0.2) is 5.69 Å². The molecule has 29 heavy (non-hydrogen) atoms. The number of carbonyl (C=O) groups is 1. The molecule has 0 radical (unpaired) electrons. The second-order valence-electron chi connectivity index (χ2n) is 7.53. The molecule has 2 fully saturated rings. The van der Waals surface area contributed by atoms with E-state index in [1.165, 1.54) is 10.6 Å². The van der Waals surface area contributed by atoms with Crippen molar-refractivity contribution in [1.82, 2.24) is 34.4 Å². The maximum atomic E-state index is 12.9. The zero-order valence-corrected chi connectivity index (χ0v) is 16.0. The summed E-state index contributed by atoms with van der Waals surface area (Å²) in [7, 11) is 0. The SMILES string of the molecule is Cc1cn2nc(C(=O)N3CCN(c4nc(N)nc(C5CC5)n4)CC3)cc2c(=O)[nH]1. The molecule has 3 aromatic heterocycles. The highest BCUT2D eigenvalue weighted by Gasteiger charge is 2.30. The summed E-state index contributed by atoms with van der Waals surface area (Å²) in [6, 6.07) is 1.53. The lowest BCUT2D eigenvalue weighted by molar-refractivity contribution is 0.0740. The van der Waals surface area contributed by atoms with Crippen LogP contribution in [0.4, 0.5) is 11.9 Å². The second-order valence-corrected chi connectivity index (χ2v) is 7.53. The molecule has 3 aromatic rings. The molecule has 3 N–H and O–H groups in total. The normalized spacial score (nSPS) is 17.1. The first-order valence-electron chi connectivity index (χ1n) is 9.63. The number of amides is 1. The lowest BCUT2D eigenvalue weighted by Crippen LogP contribution is -2.49. The van der Waals surface area contributed by atoms with E-state index in [1.54, 1.807) is 18.0 Å². The van der Waals surface area contributed by atoms with Crippen molar-refractivity contribution in [1.29, 1.82) is 0 Å². The number of anilines is 2. The van der Waals surface area contributed by atoms with Gasteiger partial charge in [0.05, 0.1) is 0 Å². The van der Waals surface area contributed by atoms with E-state index < -0.39 is 0 Å². The second kappa shape index (κ2) is 6.54. The third-order valence-corrected chi connectivity index (χ3v) is 5.26. The predicted octanol–water partition coefficient (Wildman–Crippen LogP) is -0.0620. The van der Waals surface area contributed by atoms with E-state index in [1.807, 2.05) is 4.90 Å². The number of fused-ring (bicyclic) bond motifs is 1.